The molecule has 14 rings (SSSR count). The molecule has 0 saturated carbocycles. The Morgan fingerprint density at radius 2 is 0.954 bits per heavy atom. The van der Waals surface area contributed by atoms with Gasteiger partial charge in [0.25, 0.3) is 0 Å². The number of rotatable bonds is 5. The summed E-state index contributed by atoms with van der Waals surface area (Å²) in [5.41, 5.74) is 8.47. The smallest absolute Gasteiger partial charge is 0.164 e. The fourth-order valence-corrected chi connectivity index (χ4v) is 12.5. The Balaban J connectivity index is 1.09. The summed E-state index contributed by atoms with van der Waals surface area (Å²) in [6.45, 7) is 0. The van der Waals surface area contributed by atoms with Crippen LogP contribution in [0.4, 0.5) is 0 Å². The van der Waals surface area contributed by atoms with Crippen molar-refractivity contribution in [2.45, 2.75) is 0 Å². The van der Waals surface area contributed by atoms with Crippen LogP contribution < -0.4 is 0 Å². The van der Waals surface area contributed by atoms with Crippen molar-refractivity contribution in [2.24, 2.45) is 0 Å². The third-order valence-electron chi connectivity index (χ3n) is 13.0. The van der Waals surface area contributed by atoms with Gasteiger partial charge in [-0.25, -0.2) is 15.0 Å². The van der Waals surface area contributed by atoms with Gasteiger partial charge in [0.1, 0.15) is 0 Å². The van der Waals surface area contributed by atoms with Crippen molar-refractivity contribution in [1.29, 1.82) is 0 Å². The molecule has 0 bridgehead atoms. The second-order valence-corrected chi connectivity index (χ2v) is 18.8. The van der Waals surface area contributed by atoms with Gasteiger partial charge in [-0.3, -0.25) is 0 Å². The predicted molar refractivity (Wildman–Crippen MR) is 277 cm³/mol. The third kappa shape index (κ3) is 5.64. The van der Waals surface area contributed by atoms with Gasteiger partial charge in [0.05, 0.1) is 11.0 Å². The number of thiophene rings is 2. The minimum atomic E-state index is 0.627. The lowest BCUT2D eigenvalue weighted by atomic mass is 9.93. The van der Waals surface area contributed by atoms with E-state index in [1.165, 1.54) is 78.2 Å². The number of benzene rings is 10. The quantitative estimate of drug-likeness (QED) is 0.173. The average Bonchev–Trinajstić information content (AvgIpc) is 4.05. The normalized spacial score (nSPS) is 12.0. The lowest BCUT2D eigenvalue weighted by molar-refractivity contribution is 1.08. The first kappa shape index (κ1) is 36.5. The highest BCUT2D eigenvalue weighted by Crippen LogP contribution is 2.47. The van der Waals surface area contributed by atoms with E-state index in [1.807, 2.05) is 29.5 Å². The van der Waals surface area contributed by atoms with E-state index in [0.29, 0.717) is 17.5 Å². The fraction of sp³-hybridized carbons (Fsp3) is 0. The van der Waals surface area contributed by atoms with Crippen molar-refractivity contribution in [3.05, 3.63) is 206 Å². The van der Waals surface area contributed by atoms with Gasteiger partial charge >= 0.3 is 0 Å². The van der Waals surface area contributed by atoms with Crippen LogP contribution in [0, 0.1) is 0 Å². The number of fused-ring (bicyclic) bond motifs is 12. The van der Waals surface area contributed by atoms with Gasteiger partial charge in [0.15, 0.2) is 17.5 Å². The van der Waals surface area contributed by atoms with Crippen molar-refractivity contribution in [2.75, 3.05) is 0 Å². The van der Waals surface area contributed by atoms with Gasteiger partial charge in [0, 0.05) is 73.5 Å². The van der Waals surface area contributed by atoms with Crippen molar-refractivity contribution in [1.82, 2.24) is 19.5 Å². The molecular formula is C59H34N4S2. The third-order valence-corrected chi connectivity index (χ3v) is 15.4. The molecule has 0 unspecified atom stereocenters. The number of aromatic nitrogens is 4. The molecule has 0 N–H and O–H groups in total. The molecule has 0 aliphatic carbocycles. The highest BCUT2D eigenvalue weighted by molar-refractivity contribution is 7.27. The van der Waals surface area contributed by atoms with Crippen LogP contribution in [-0.2, 0) is 0 Å². The Labute approximate surface area is 381 Å². The van der Waals surface area contributed by atoms with Gasteiger partial charge in [-0.2, -0.15) is 0 Å². The molecule has 14 aromatic rings. The second-order valence-electron chi connectivity index (χ2n) is 16.7. The summed E-state index contributed by atoms with van der Waals surface area (Å²) < 4.78 is 7.42. The molecule has 0 saturated heterocycles. The fourth-order valence-electron chi connectivity index (χ4n) is 10.1. The first-order valence-electron chi connectivity index (χ1n) is 21.8. The van der Waals surface area contributed by atoms with Crippen LogP contribution in [0.15, 0.2) is 206 Å². The van der Waals surface area contributed by atoms with E-state index in [9.17, 15) is 0 Å². The summed E-state index contributed by atoms with van der Waals surface area (Å²) in [5.74, 6) is 1.91. The van der Waals surface area contributed by atoms with E-state index < -0.39 is 0 Å². The van der Waals surface area contributed by atoms with Crippen molar-refractivity contribution in [3.63, 3.8) is 0 Å². The maximum absolute atomic E-state index is 5.50. The van der Waals surface area contributed by atoms with Crippen molar-refractivity contribution in [3.8, 4) is 51.0 Å². The number of nitrogens with zero attached hydrogens (tertiary/aromatic N) is 4. The van der Waals surface area contributed by atoms with Crippen LogP contribution in [0.3, 0.4) is 0 Å². The van der Waals surface area contributed by atoms with E-state index in [2.05, 4.69) is 193 Å². The zero-order valence-corrected chi connectivity index (χ0v) is 36.4. The first-order chi connectivity index (χ1) is 32.2. The zero-order valence-electron chi connectivity index (χ0n) is 34.7. The van der Waals surface area contributed by atoms with Crippen LogP contribution in [0.2, 0.25) is 0 Å². The Bertz CT molecular complexity index is 4250. The largest absolute Gasteiger partial charge is 0.309 e. The van der Waals surface area contributed by atoms with Crippen LogP contribution >= 0.6 is 22.7 Å². The van der Waals surface area contributed by atoms with E-state index in [-0.39, 0.29) is 0 Å². The topological polar surface area (TPSA) is 43.6 Å². The lowest BCUT2D eigenvalue weighted by Crippen LogP contribution is -2.02. The number of hydrogen-bond donors (Lipinski definition) is 0. The minimum Gasteiger partial charge on any atom is -0.309 e. The highest BCUT2D eigenvalue weighted by Gasteiger charge is 2.23. The van der Waals surface area contributed by atoms with E-state index in [4.69, 9.17) is 15.0 Å². The lowest BCUT2D eigenvalue weighted by Gasteiger charge is -2.16. The number of para-hydroxylation sites is 1. The zero-order chi connectivity index (χ0) is 42.6. The molecule has 0 radical (unpaired) electrons. The molecule has 302 valence electrons. The Morgan fingerprint density at radius 1 is 0.323 bits per heavy atom. The molecule has 65 heavy (non-hydrogen) atoms. The van der Waals surface area contributed by atoms with Gasteiger partial charge in [-0.1, -0.05) is 152 Å². The monoisotopic (exact) mass is 862 g/mol. The Kier molecular flexibility index (Phi) is 7.99. The molecule has 0 aliphatic rings. The second kappa shape index (κ2) is 14.2. The Hall–Kier alpha value is -8.03. The van der Waals surface area contributed by atoms with Gasteiger partial charge in [0.2, 0.25) is 0 Å². The number of hydrogen-bond acceptors (Lipinski definition) is 5. The van der Waals surface area contributed by atoms with E-state index >= 15 is 0 Å². The molecule has 4 aromatic heterocycles. The summed E-state index contributed by atoms with van der Waals surface area (Å²) in [7, 11) is 0. The average molecular weight is 863 g/mol. The maximum atomic E-state index is 5.50. The summed E-state index contributed by atoms with van der Waals surface area (Å²) >= 11 is 3.67. The predicted octanol–water partition coefficient (Wildman–Crippen LogP) is 16.7. The minimum absolute atomic E-state index is 0.627. The van der Waals surface area contributed by atoms with Crippen LogP contribution in [-0.4, -0.2) is 19.5 Å². The molecular weight excluding hydrogens is 829 g/mol. The molecule has 10 aromatic carbocycles. The summed E-state index contributed by atoms with van der Waals surface area (Å²) in [5, 5.41) is 12.3. The molecule has 0 spiro atoms. The van der Waals surface area contributed by atoms with Crippen LogP contribution in [0.1, 0.15) is 0 Å². The standard InChI is InChI=1S/C59H34N4S2/c1-2-15-36(16-3-1)57-60-58(62-59(61-57)46-23-13-26-52-55(46)44-21-9-11-25-51(44)64-52)43-31-29-39(63-49-24-10-8-20-41(49)48-32-37-17-4-5-18-38(37)33-50(48)63)34-47(43)42-22-12-27-53-54(42)45-30-28-35-14-6-7-19-40(35)56(45)65-53/h1-34H. The van der Waals surface area contributed by atoms with Crippen LogP contribution in [0.5, 0.6) is 0 Å². The van der Waals surface area contributed by atoms with Gasteiger partial charge in [-0.15, -0.1) is 22.7 Å². The molecule has 6 heteroatoms. The molecule has 4 nitrogen and oxygen atoms in total. The molecule has 4 heterocycles. The van der Waals surface area contributed by atoms with Crippen molar-refractivity contribution < 1.29 is 0 Å². The van der Waals surface area contributed by atoms with E-state index in [0.717, 1.165) is 39.0 Å². The molecule has 0 atom stereocenters. The van der Waals surface area contributed by atoms with Gasteiger partial charge in [-0.05, 0) is 87.3 Å². The van der Waals surface area contributed by atoms with Gasteiger partial charge < -0.3 is 4.57 Å². The summed E-state index contributed by atoms with van der Waals surface area (Å²) in [6.07, 6.45) is 0. The highest BCUT2D eigenvalue weighted by atomic mass is 32.1. The summed E-state index contributed by atoms with van der Waals surface area (Å²) in [6, 6.07) is 74.4. The first-order valence-corrected chi connectivity index (χ1v) is 23.5. The Morgan fingerprint density at radius 3 is 1.80 bits per heavy atom. The molecule has 0 amide bonds. The molecule has 0 aliphatic heterocycles. The summed E-state index contributed by atoms with van der Waals surface area (Å²) in [4.78, 5) is 16.2. The maximum Gasteiger partial charge on any atom is 0.164 e. The van der Waals surface area contributed by atoms with E-state index in [1.54, 1.807) is 11.3 Å². The SMILES string of the molecule is c1ccc(-c2nc(-c3ccc(-n4c5ccccc5c5cc6ccccc6cc54)cc3-c3cccc4sc5c6ccccc6ccc5c34)nc(-c3cccc4sc5ccccc5c34)n2)cc1. The van der Waals surface area contributed by atoms with Crippen molar-refractivity contribution >= 4 is 106 Å². The molecule has 0 fully saturated rings. The van der Waals surface area contributed by atoms with Crippen LogP contribution in [0.25, 0.3) is 135 Å².